The largest absolute Gasteiger partial charge is 0.504 e. The number of hydrogen-bond acceptors (Lipinski definition) is 4. The van der Waals surface area contributed by atoms with E-state index in [9.17, 15) is 9.50 Å². The summed E-state index contributed by atoms with van der Waals surface area (Å²) in [6, 6.07) is 11.1. The molecule has 0 aromatic heterocycles. The summed E-state index contributed by atoms with van der Waals surface area (Å²) in [4.78, 5) is 0. The first-order chi connectivity index (χ1) is 9.63. The summed E-state index contributed by atoms with van der Waals surface area (Å²) >= 11 is 0. The third-order valence-corrected chi connectivity index (χ3v) is 2.83. The molecule has 102 valence electrons. The number of anilines is 1. The lowest BCUT2D eigenvalue weighted by Gasteiger charge is -2.09. The second-order valence-electron chi connectivity index (χ2n) is 4.17. The summed E-state index contributed by atoms with van der Waals surface area (Å²) in [5.41, 5.74) is 1.49. The van der Waals surface area contributed by atoms with E-state index in [1.54, 1.807) is 24.3 Å². The van der Waals surface area contributed by atoms with Crippen LogP contribution in [0, 0.1) is 17.1 Å². The molecular formula is C15H13FN2O2. The van der Waals surface area contributed by atoms with Crippen LogP contribution in [-0.4, -0.2) is 12.2 Å². The van der Waals surface area contributed by atoms with Crippen LogP contribution in [0.2, 0.25) is 0 Å². The van der Waals surface area contributed by atoms with Gasteiger partial charge in [-0.05, 0) is 29.8 Å². The van der Waals surface area contributed by atoms with Gasteiger partial charge in [0.25, 0.3) is 0 Å². The number of hydrogen-bond donors (Lipinski definition) is 2. The molecule has 0 saturated heterocycles. The average Bonchev–Trinajstić information content (AvgIpc) is 2.46. The molecular weight excluding hydrogens is 259 g/mol. The predicted molar refractivity (Wildman–Crippen MR) is 73.1 cm³/mol. The smallest absolute Gasteiger partial charge is 0.160 e. The number of rotatable bonds is 4. The number of benzene rings is 2. The van der Waals surface area contributed by atoms with Gasteiger partial charge in [-0.1, -0.05) is 6.07 Å². The SMILES string of the molecule is COc1ccc(NCc2ccc(F)c(C#N)c2)cc1O. The molecule has 2 rings (SSSR count). The Hall–Kier alpha value is -2.74. The van der Waals surface area contributed by atoms with Gasteiger partial charge in [-0.15, -0.1) is 0 Å². The number of phenolic OH excluding ortho intramolecular Hbond substituents is 1. The zero-order valence-electron chi connectivity index (χ0n) is 10.9. The molecule has 0 spiro atoms. The van der Waals surface area contributed by atoms with E-state index in [2.05, 4.69) is 5.32 Å². The topological polar surface area (TPSA) is 65.3 Å². The molecule has 0 amide bonds. The highest BCUT2D eigenvalue weighted by molar-refractivity contribution is 5.54. The first-order valence-electron chi connectivity index (χ1n) is 5.93. The summed E-state index contributed by atoms with van der Waals surface area (Å²) < 4.78 is 18.1. The molecule has 0 saturated carbocycles. The number of halogens is 1. The number of methoxy groups -OCH3 is 1. The Morgan fingerprint density at radius 1 is 1.30 bits per heavy atom. The van der Waals surface area contributed by atoms with Gasteiger partial charge in [0.15, 0.2) is 11.5 Å². The third kappa shape index (κ3) is 2.98. The molecule has 5 heteroatoms. The van der Waals surface area contributed by atoms with Crippen LogP contribution < -0.4 is 10.1 Å². The lowest BCUT2D eigenvalue weighted by molar-refractivity contribution is 0.373. The highest BCUT2D eigenvalue weighted by Gasteiger charge is 2.04. The van der Waals surface area contributed by atoms with E-state index in [1.807, 2.05) is 0 Å². The van der Waals surface area contributed by atoms with Crippen molar-refractivity contribution in [3.8, 4) is 17.6 Å². The first-order valence-corrected chi connectivity index (χ1v) is 5.93. The van der Waals surface area contributed by atoms with Crippen LogP contribution in [0.1, 0.15) is 11.1 Å². The van der Waals surface area contributed by atoms with Crippen molar-refractivity contribution >= 4 is 5.69 Å². The molecule has 0 aliphatic heterocycles. The summed E-state index contributed by atoms with van der Waals surface area (Å²) in [6.07, 6.45) is 0. The minimum Gasteiger partial charge on any atom is -0.504 e. The fourth-order valence-electron chi connectivity index (χ4n) is 1.77. The maximum Gasteiger partial charge on any atom is 0.160 e. The van der Waals surface area contributed by atoms with E-state index in [0.717, 1.165) is 5.56 Å². The zero-order valence-corrected chi connectivity index (χ0v) is 10.9. The van der Waals surface area contributed by atoms with Crippen LogP contribution >= 0.6 is 0 Å². The van der Waals surface area contributed by atoms with Crippen molar-refractivity contribution in [2.75, 3.05) is 12.4 Å². The van der Waals surface area contributed by atoms with E-state index in [1.165, 1.54) is 25.3 Å². The van der Waals surface area contributed by atoms with Gasteiger partial charge in [0, 0.05) is 18.3 Å². The van der Waals surface area contributed by atoms with Crippen molar-refractivity contribution in [2.45, 2.75) is 6.54 Å². The van der Waals surface area contributed by atoms with Crippen molar-refractivity contribution in [1.29, 1.82) is 5.26 Å². The standard InChI is InChI=1S/C15H13FN2O2/c1-20-15-5-3-12(7-14(15)19)18-9-10-2-4-13(16)11(6-10)8-17/h2-7,18-19H,9H2,1H3. The average molecular weight is 272 g/mol. The van der Waals surface area contributed by atoms with Crippen LogP contribution in [0.25, 0.3) is 0 Å². The van der Waals surface area contributed by atoms with Crippen LogP contribution in [0.3, 0.4) is 0 Å². The van der Waals surface area contributed by atoms with Crippen LogP contribution in [0.5, 0.6) is 11.5 Å². The Morgan fingerprint density at radius 3 is 2.75 bits per heavy atom. The Morgan fingerprint density at radius 2 is 2.10 bits per heavy atom. The van der Waals surface area contributed by atoms with Crippen LogP contribution in [0.15, 0.2) is 36.4 Å². The number of nitrogens with one attached hydrogen (secondary N) is 1. The number of nitrogens with zero attached hydrogens (tertiary/aromatic N) is 1. The fourth-order valence-corrected chi connectivity index (χ4v) is 1.77. The monoisotopic (exact) mass is 272 g/mol. The molecule has 0 heterocycles. The van der Waals surface area contributed by atoms with Gasteiger partial charge >= 0.3 is 0 Å². The van der Waals surface area contributed by atoms with Crippen molar-refractivity contribution in [1.82, 2.24) is 0 Å². The van der Waals surface area contributed by atoms with Crippen molar-refractivity contribution in [3.63, 3.8) is 0 Å². The van der Waals surface area contributed by atoms with E-state index >= 15 is 0 Å². The van der Waals surface area contributed by atoms with Gasteiger partial charge in [-0.2, -0.15) is 5.26 Å². The fraction of sp³-hybridized carbons (Fsp3) is 0.133. The van der Waals surface area contributed by atoms with Crippen molar-refractivity contribution in [2.24, 2.45) is 0 Å². The number of aromatic hydroxyl groups is 1. The summed E-state index contributed by atoms with van der Waals surface area (Å²) in [5, 5.41) is 21.5. The Labute approximate surface area is 116 Å². The molecule has 20 heavy (non-hydrogen) atoms. The molecule has 0 fully saturated rings. The first kappa shape index (κ1) is 13.7. The summed E-state index contributed by atoms with van der Waals surface area (Å²) in [6.45, 7) is 0.417. The highest BCUT2D eigenvalue weighted by atomic mass is 19.1. The molecule has 0 aliphatic carbocycles. The Kier molecular flexibility index (Phi) is 4.06. The minimum absolute atomic E-state index is 0.0156. The third-order valence-electron chi connectivity index (χ3n) is 2.83. The van der Waals surface area contributed by atoms with E-state index < -0.39 is 5.82 Å². The van der Waals surface area contributed by atoms with E-state index in [-0.39, 0.29) is 11.3 Å². The maximum atomic E-state index is 13.2. The predicted octanol–water partition coefficient (Wildman–Crippen LogP) is 3.02. The van der Waals surface area contributed by atoms with Gasteiger partial charge in [-0.25, -0.2) is 4.39 Å². The van der Waals surface area contributed by atoms with Crippen molar-refractivity contribution < 1.29 is 14.2 Å². The highest BCUT2D eigenvalue weighted by Crippen LogP contribution is 2.28. The molecule has 2 aromatic carbocycles. The zero-order chi connectivity index (χ0) is 14.5. The number of nitriles is 1. The molecule has 0 aliphatic rings. The molecule has 0 bridgehead atoms. The van der Waals surface area contributed by atoms with Crippen LogP contribution in [0.4, 0.5) is 10.1 Å². The summed E-state index contributed by atoms with van der Waals surface area (Å²) in [5.74, 6) is -0.100. The minimum atomic E-state index is -0.529. The van der Waals surface area contributed by atoms with Gasteiger partial charge in [0.2, 0.25) is 0 Å². The molecule has 4 nitrogen and oxygen atoms in total. The lowest BCUT2D eigenvalue weighted by Crippen LogP contribution is -2.00. The molecule has 0 atom stereocenters. The second kappa shape index (κ2) is 5.93. The van der Waals surface area contributed by atoms with Gasteiger partial charge in [0.05, 0.1) is 12.7 Å². The molecule has 2 aromatic rings. The lowest BCUT2D eigenvalue weighted by atomic mass is 10.1. The van der Waals surface area contributed by atoms with E-state index in [0.29, 0.717) is 18.0 Å². The molecule has 0 unspecified atom stereocenters. The van der Waals surface area contributed by atoms with E-state index in [4.69, 9.17) is 10.00 Å². The van der Waals surface area contributed by atoms with Crippen LogP contribution in [-0.2, 0) is 6.54 Å². The maximum absolute atomic E-state index is 13.2. The second-order valence-corrected chi connectivity index (χ2v) is 4.17. The quantitative estimate of drug-likeness (QED) is 0.898. The Bertz CT molecular complexity index is 665. The van der Waals surface area contributed by atoms with Crippen molar-refractivity contribution in [3.05, 3.63) is 53.3 Å². The normalized spacial score (nSPS) is 9.85. The molecule has 0 radical (unpaired) electrons. The number of ether oxygens (including phenoxy) is 1. The summed E-state index contributed by atoms with van der Waals surface area (Å²) in [7, 11) is 1.48. The van der Waals surface area contributed by atoms with Gasteiger partial charge in [-0.3, -0.25) is 0 Å². The van der Waals surface area contributed by atoms with Gasteiger partial charge in [0.1, 0.15) is 11.9 Å². The van der Waals surface area contributed by atoms with Gasteiger partial charge < -0.3 is 15.2 Å². The molecule has 2 N–H and O–H groups in total. The number of phenols is 1. The Balaban J connectivity index is 2.09.